The summed E-state index contributed by atoms with van der Waals surface area (Å²) in [7, 11) is 0. The Morgan fingerprint density at radius 2 is 1.94 bits per heavy atom. The minimum absolute atomic E-state index is 0.338. The van der Waals surface area contributed by atoms with Gasteiger partial charge in [-0.15, -0.1) is 5.10 Å². The Labute approximate surface area is 105 Å². The lowest BCUT2D eigenvalue weighted by Crippen LogP contribution is -2.11. The molecule has 0 aliphatic heterocycles. The SMILES string of the molecule is NNc1nncc(-c2ccc3c(c2)CCCC3)n1. The van der Waals surface area contributed by atoms with Crippen LogP contribution in [0.2, 0.25) is 0 Å². The van der Waals surface area contributed by atoms with Crippen molar-refractivity contribution in [1.29, 1.82) is 0 Å². The lowest BCUT2D eigenvalue weighted by molar-refractivity contribution is 0.686. The molecule has 0 bridgehead atoms. The van der Waals surface area contributed by atoms with Gasteiger partial charge in [-0.25, -0.2) is 10.8 Å². The largest absolute Gasteiger partial charge is 0.291 e. The van der Waals surface area contributed by atoms with Crippen LogP contribution >= 0.6 is 0 Å². The second kappa shape index (κ2) is 4.70. The molecule has 3 rings (SSSR count). The third-order valence-electron chi connectivity index (χ3n) is 3.33. The predicted octanol–water partition coefficient (Wildman–Crippen LogP) is 1.70. The summed E-state index contributed by atoms with van der Waals surface area (Å²) in [6.07, 6.45) is 6.57. The van der Waals surface area contributed by atoms with E-state index in [1.807, 2.05) is 0 Å². The van der Waals surface area contributed by atoms with Crippen LogP contribution in [0.4, 0.5) is 5.95 Å². The maximum Gasteiger partial charge on any atom is 0.257 e. The Bertz CT molecular complexity index is 567. The Kier molecular flexibility index (Phi) is 2.90. The van der Waals surface area contributed by atoms with E-state index in [0.29, 0.717) is 5.95 Å². The number of nitrogen functional groups attached to an aromatic ring is 1. The minimum Gasteiger partial charge on any atom is -0.291 e. The maximum absolute atomic E-state index is 5.29. The molecule has 2 aromatic rings. The molecule has 3 N–H and O–H groups in total. The van der Waals surface area contributed by atoms with Gasteiger partial charge in [0.1, 0.15) is 0 Å². The number of rotatable bonds is 2. The van der Waals surface area contributed by atoms with Gasteiger partial charge in [0.05, 0.1) is 11.9 Å². The zero-order valence-electron chi connectivity index (χ0n) is 10.1. The molecule has 0 fully saturated rings. The second-order valence-electron chi connectivity index (χ2n) is 4.50. The molecule has 0 spiro atoms. The van der Waals surface area contributed by atoms with Gasteiger partial charge in [0, 0.05) is 5.56 Å². The van der Waals surface area contributed by atoms with E-state index in [4.69, 9.17) is 5.84 Å². The molecule has 18 heavy (non-hydrogen) atoms. The zero-order chi connectivity index (χ0) is 12.4. The lowest BCUT2D eigenvalue weighted by Gasteiger charge is -2.16. The monoisotopic (exact) mass is 241 g/mol. The van der Waals surface area contributed by atoms with Crippen LogP contribution < -0.4 is 11.3 Å². The smallest absolute Gasteiger partial charge is 0.257 e. The molecule has 92 valence electrons. The van der Waals surface area contributed by atoms with E-state index < -0.39 is 0 Å². The van der Waals surface area contributed by atoms with E-state index in [0.717, 1.165) is 17.7 Å². The topological polar surface area (TPSA) is 76.7 Å². The third-order valence-corrected chi connectivity index (χ3v) is 3.33. The van der Waals surface area contributed by atoms with Gasteiger partial charge < -0.3 is 0 Å². The van der Waals surface area contributed by atoms with E-state index in [2.05, 4.69) is 38.8 Å². The summed E-state index contributed by atoms with van der Waals surface area (Å²) in [5, 5.41) is 7.66. The molecule has 5 nitrogen and oxygen atoms in total. The first-order valence-corrected chi connectivity index (χ1v) is 6.15. The van der Waals surface area contributed by atoms with Crippen molar-refractivity contribution in [3.63, 3.8) is 0 Å². The summed E-state index contributed by atoms with van der Waals surface area (Å²) >= 11 is 0. The number of anilines is 1. The van der Waals surface area contributed by atoms with Gasteiger partial charge in [-0.1, -0.05) is 12.1 Å². The molecule has 1 aromatic heterocycles. The molecule has 1 aliphatic carbocycles. The quantitative estimate of drug-likeness (QED) is 0.618. The van der Waals surface area contributed by atoms with Gasteiger partial charge in [-0.3, -0.25) is 5.43 Å². The predicted molar refractivity (Wildman–Crippen MR) is 69.7 cm³/mol. The normalized spacial score (nSPS) is 14.1. The van der Waals surface area contributed by atoms with E-state index in [1.165, 1.54) is 30.4 Å². The number of hydrogen-bond donors (Lipinski definition) is 2. The van der Waals surface area contributed by atoms with Crippen LogP contribution in [-0.2, 0) is 12.8 Å². The summed E-state index contributed by atoms with van der Waals surface area (Å²) in [6.45, 7) is 0. The molecule has 1 aliphatic rings. The third kappa shape index (κ3) is 2.04. The summed E-state index contributed by atoms with van der Waals surface area (Å²) in [5.74, 6) is 5.63. The number of nitrogens with two attached hydrogens (primary N) is 1. The fourth-order valence-electron chi connectivity index (χ4n) is 2.40. The molecule has 1 heterocycles. The van der Waals surface area contributed by atoms with Crippen LogP contribution in [0.25, 0.3) is 11.3 Å². The Hall–Kier alpha value is -2.01. The number of benzene rings is 1. The van der Waals surface area contributed by atoms with E-state index >= 15 is 0 Å². The molecule has 5 heteroatoms. The number of nitrogens with one attached hydrogen (secondary N) is 1. The average Bonchev–Trinajstić information content (AvgIpc) is 2.47. The molecule has 0 atom stereocenters. The fourth-order valence-corrected chi connectivity index (χ4v) is 2.40. The van der Waals surface area contributed by atoms with Crippen molar-refractivity contribution < 1.29 is 0 Å². The van der Waals surface area contributed by atoms with Gasteiger partial charge in [0.25, 0.3) is 5.95 Å². The zero-order valence-corrected chi connectivity index (χ0v) is 10.1. The van der Waals surface area contributed by atoms with Gasteiger partial charge in [-0.05, 0) is 42.9 Å². The molecular weight excluding hydrogens is 226 g/mol. The summed E-state index contributed by atoms with van der Waals surface area (Å²) in [6, 6.07) is 6.49. The van der Waals surface area contributed by atoms with Gasteiger partial charge in [0.2, 0.25) is 0 Å². The molecule has 0 saturated carbocycles. The number of nitrogens with zero attached hydrogens (tertiary/aromatic N) is 3. The van der Waals surface area contributed by atoms with Crippen molar-refractivity contribution in [3.8, 4) is 11.3 Å². The maximum atomic E-state index is 5.29. The van der Waals surface area contributed by atoms with Crippen LogP contribution in [0, 0.1) is 0 Å². The van der Waals surface area contributed by atoms with Crippen LogP contribution in [0.15, 0.2) is 24.4 Å². The first-order valence-electron chi connectivity index (χ1n) is 6.15. The average molecular weight is 241 g/mol. The minimum atomic E-state index is 0.338. The summed E-state index contributed by atoms with van der Waals surface area (Å²) in [5.41, 5.74) is 7.18. The summed E-state index contributed by atoms with van der Waals surface area (Å²) < 4.78 is 0. The number of aromatic nitrogens is 3. The van der Waals surface area contributed by atoms with Gasteiger partial charge in [0.15, 0.2) is 0 Å². The van der Waals surface area contributed by atoms with Gasteiger partial charge in [-0.2, -0.15) is 5.10 Å². The number of fused-ring (bicyclic) bond motifs is 1. The molecule has 0 unspecified atom stereocenters. The van der Waals surface area contributed by atoms with E-state index in [1.54, 1.807) is 6.20 Å². The van der Waals surface area contributed by atoms with Crippen molar-refractivity contribution in [2.75, 3.05) is 5.43 Å². The van der Waals surface area contributed by atoms with Crippen molar-refractivity contribution in [2.45, 2.75) is 25.7 Å². The Morgan fingerprint density at radius 3 is 2.78 bits per heavy atom. The van der Waals surface area contributed by atoms with Crippen molar-refractivity contribution in [2.24, 2.45) is 5.84 Å². The van der Waals surface area contributed by atoms with E-state index in [-0.39, 0.29) is 0 Å². The van der Waals surface area contributed by atoms with Crippen molar-refractivity contribution >= 4 is 5.95 Å². The molecule has 0 amide bonds. The molecule has 0 saturated heterocycles. The first kappa shape index (κ1) is 11.1. The Morgan fingerprint density at radius 1 is 1.11 bits per heavy atom. The highest BCUT2D eigenvalue weighted by molar-refractivity contribution is 5.61. The number of hydrazine groups is 1. The van der Waals surface area contributed by atoms with Crippen LogP contribution in [0.5, 0.6) is 0 Å². The number of aryl methyl sites for hydroxylation is 2. The highest BCUT2D eigenvalue weighted by Crippen LogP contribution is 2.26. The standard InChI is InChI=1S/C13H15N5/c14-17-13-16-12(8-15-18-13)11-6-5-9-3-1-2-4-10(9)7-11/h5-8H,1-4,14H2,(H,16,17,18). The number of hydrogen-bond acceptors (Lipinski definition) is 5. The Balaban J connectivity index is 2.00. The molecule has 1 aromatic carbocycles. The molecular formula is C13H15N5. The fraction of sp³-hybridized carbons (Fsp3) is 0.308. The molecule has 0 radical (unpaired) electrons. The lowest BCUT2D eigenvalue weighted by atomic mass is 9.90. The van der Waals surface area contributed by atoms with Crippen LogP contribution in [-0.4, -0.2) is 15.2 Å². The first-order chi connectivity index (χ1) is 8.86. The van der Waals surface area contributed by atoms with Crippen molar-refractivity contribution in [1.82, 2.24) is 15.2 Å². The highest BCUT2D eigenvalue weighted by Gasteiger charge is 2.11. The van der Waals surface area contributed by atoms with Gasteiger partial charge >= 0.3 is 0 Å². The summed E-state index contributed by atoms with van der Waals surface area (Å²) in [4.78, 5) is 4.30. The van der Waals surface area contributed by atoms with E-state index in [9.17, 15) is 0 Å². The van der Waals surface area contributed by atoms with Crippen molar-refractivity contribution in [3.05, 3.63) is 35.5 Å². The van der Waals surface area contributed by atoms with Crippen LogP contribution in [0.1, 0.15) is 24.0 Å². The second-order valence-corrected chi connectivity index (χ2v) is 4.50. The van der Waals surface area contributed by atoms with Crippen LogP contribution in [0.3, 0.4) is 0 Å². The highest BCUT2D eigenvalue weighted by atomic mass is 15.3.